The Balaban J connectivity index is 1.52. The summed E-state index contributed by atoms with van der Waals surface area (Å²) in [4.78, 5) is 18.0. The van der Waals surface area contributed by atoms with Crippen molar-refractivity contribution >= 4 is 38.8 Å². The third kappa shape index (κ3) is 4.27. The monoisotopic (exact) mass is 424 g/mol. The zero-order chi connectivity index (χ0) is 20.4. The zero-order valence-electron chi connectivity index (χ0n) is 16.8. The third-order valence-electron chi connectivity index (χ3n) is 4.96. The minimum atomic E-state index is -0.0275. The molecule has 5 nitrogen and oxygen atoms in total. The van der Waals surface area contributed by atoms with Crippen LogP contribution in [0.25, 0.3) is 10.2 Å². The highest BCUT2D eigenvalue weighted by Gasteiger charge is 2.19. The Labute approximate surface area is 178 Å². The van der Waals surface area contributed by atoms with Crippen molar-refractivity contribution in [3.63, 3.8) is 0 Å². The van der Waals surface area contributed by atoms with Gasteiger partial charge in [0.25, 0.3) is 5.91 Å². The highest BCUT2D eigenvalue weighted by Crippen LogP contribution is 2.29. The number of nitrogens with zero attached hydrogens (tertiary/aromatic N) is 3. The molecule has 7 heteroatoms. The van der Waals surface area contributed by atoms with E-state index in [0.29, 0.717) is 13.1 Å². The highest BCUT2D eigenvalue weighted by atomic mass is 32.1. The van der Waals surface area contributed by atoms with Crippen LogP contribution in [0.2, 0.25) is 0 Å². The number of carbonyl (C=O) groups excluding carboxylic acids is 1. The van der Waals surface area contributed by atoms with E-state index in [4.69, 9.17) is 0 Å². The van der Waals surface area contributed by atoms with Crippen LogP contribution in [0.15, 0.2) is 53.9 Å². The summed E-state index contributed by atoms with van der Waals surface area (Å²) < 4.78 is 2.00. The van der Waals surface area contributed by atoms with E-state index in [0.717, 1.165) is 20.8 Å². The molecule has 0 aliphatic rings. The van der Waals surface area contributed by atoms with Gasteiger partial charge < -0.3 is 10.2 Å². The van der Waals surface area contributed by atoms with Crippen LogP contribution in [0.3, 0.4) is 0 Å². The topological polar surface area (TPSA) is 50.2 Å². The van der Waals surface area contributed by atoms with Crippen molar-refractivity contribution in [3.8, 4) is 0 Å². The molecule has 1 aromatic carbocycles. The molecule has 1 N–H and O–H groups in total. The van der Waals surface area contributed by atoms with Gasteiger partial charge in [-0.1, -0.05) is 36.4 Å². The van der Waals surface area contributed by atoms with E-state index in [1.54, 1.807) is 11.3 Å². The summed E-state index contributed by atoms with van der Waals surface area (Å²) in [5, 5.41) is 10.9. The van der Waals surface area contributed by atoms with Gasteiger partial charge in [-0.2, -0.15) is 5.10 Å². The predicted octanol–water partition coefficient (Wildman–Crippen LogP) is 4.55. The van der Waals surface area contributed by atoms with Crippen molar-refractivity contribution in [2.24, 2.45) is 0 Å². The van der Waals surface area contributed by atoms with Crippen molar-refractivity contribution < 1.29 is 4.79 Å². The molecule has 3 aromatic heterocycles. The van der Waals surface area contributed by atoms with Crippen LogP contribution in [0.4, 0.5) is 0 Å². The minimum absolute atomic E-state index is 0.0275. The van der Waals surface area contributed by atoms with Gasteiger partial charge in [0.2, 0.25) is 0 Å². The first-order valence-corrected chi connectivity index (χ1v) is 11.2. The number of benzene rings is 1. The first-order chi connectivity index (χ1) is 14.0. The van der Waals surface area contributed by atoms with Gasteiger partial charge in [-0.15, -0.1) is 22.7 Å². The van der Waals surface area contributed by atoms with Crippen molar-refractivity contribution in [2.75, 3.05) is 20.6 Å². The number of likely N-dealkylation sites (N-methyl/N-ethyl adjacent to an activating group) is 1. The Bertz CT molecular complexity index is 1100. The lowest BCUT2D eigenvalue weighted by Gasteiger charge is -2.23. The highest BCUT2D eigenvalue weighted by molar-refractivity contribution is 7.20. The van der Waals surface area contributed by atoms with Crippen LogP contribution >= 0.6 is 22.7 Å². The molecule has 0 aliphatic carbocycles. The second-order valence-electron chi connectivity index (χ2n) is 7.26. The maximum absolute atomic E-state index is 12.8. The van der Waals surface area contributed by atoms with Crippen LogP contribution in [-0.2, 0) is 6.54 Å². The number of thiophene rings is 2. The molecule has 1 atom stereocenters. The van der Waals surface area contributed by atoms with Crippen LogP contribution in [0.1, 0.15) is 31.8 Å². The van der Waals surface area contributed by atoms with E-state index in [9.17, 15) is 4.79 Å². The Hall–Kier alpha value is -2.48. The number of rotatable bonds is 7. The number of aromatic nitrogens is 2. The molecule has 0 saturated heterocycles. The fourth-order valence-electron chi connectivity index (χ4n) is 3.38. The lowest BCUT2D eigenvalue weighted by molar-refractivity contribution is 0.0946. The number of amides is 1. The smallest absolute Gasteiger partial charge is 0.261 e. The summed E-state index contributed by atoms with van der Waals surface area (Å²) >= 11 is 3.22. The van der Waals surface area contributed by atoms with Crippen LogP contribution < -0.4 is 5.32 Å². The molecular formula is C22H24N4OS2. The van der Waals surface area contributed by atoms with E-state index in [1.165, 1.54) is 21.8 Å². The Kier molecular flexibility index (Phi) is 5.80. The largest absolute Gasteiger partial charge is 0.349 e. The molecule has 0 fully saturated rings. The average Bonchev–Trinajstić information content (AvgIpc) is 3.42. The Morgan fingerprint density at radius 3 is 2.69 bits per heavy atom. The molecule has 4 aromatic rings. The lowest BCUT2D eigenvalue weighted by Crippen LogP contribution is -2.33. The number of hydrogen-bond donors (Lipinski definition) is 1. The van der Waals surface area contributed by atoms with Crippen LogP contribution in [-0.4, -0.2) is 41.2 Å². The van der Waals surface area contributed by atoms with E-state index in [-0.39, 0.29) is 11.9 Å². The van der Waals surface area contributed by atoms with Gasteiger partial charge >= 0.3 is 0 Å². The van der Waals surface area contributed by atoms with Crippen LogP contribution in [0, 0.1) is 6.92 Å². The summed E-state index contributed by atoms with van der Waals surface area (Å²) in [6.07, 6.45) is 0. The lowest BCUT2D eigenvalue weighted by atomic mass is 10.2. The molecule has 0 radical (unpaired) electrons. The number of fused-ring (bicyclic) bond motifs is 1. The third-order valence-corrected chi connectivity index (χ3v) is 7.08. The molecule has 0 saturated carbocycles. The van der Waals surface area contributed by atoms with Gasteiger partial charge in [-0.3, -0.25) is 9.48 Å². The Morgan fingerprint density at radius 1 is 1.21 bits per heavy atom. The summed E-state index contributed by atoms with van der Waals surface area (Å²) in [5.41, 5.74) is 2.15. The second-order valence-corrected chi connectivity index (χ2v) is 9.27. The standard InChI is InChI=1S/C22H24N4OS2/c1-15-17-12-20(21(27)23-13-18(25(2)3)19-10-7-11-28-19)29-22(17)26(24-15)14-16-8-5-4-6-9-16/h4-12,18H,13-14H2,1-3H3,(H,23,27). The second kappa shape index (κ2) is 8.49. The van der Waals surface area contributed by atoms with Crippen molar-refractivity contribution in [1.82, 2.24) is 20.0 Å². The van der Waals surface area contributed by atoms with E-state index in [2.05, 4.69) is 38.9 Å². The minimum Gasteiger partial charge on any atom is -0.349 e. The number of carbonyl (C=O) groups is 1. The normalized spacial score (nSPS) is 12.6. The molecule has 0 spiro atoms. The maximum Gasteiger partial charge on any atom is 0.261 e. The number of nitrogens with one attached hydrogen (secondary N) is 1. The van der Waals surface area contributed by atoms with Gasteiger partial charge in [0.05, 0.1) is 23.2 Å². The van der Waals surface area contributed by atoms with Crippen molar-refractivity contribution in [3.05, 3.63) is 74.9 Å². The van der Waals surface area contributed by atoms with Crippen molar-refractivity contribution in [1.29, 1.82) is 0 Å². The van der Waals surface area contributed by atoms with Gasteiger partial charge in [0.1, 0.15) is 4.83 Å². The van der Waals surface area contributed by atoms with Crippen LogP contribution in [0.5, 0.6) is 0 Å². The molecule has 3 heterocycles. The molecule has 29 heavy (non-hydrogen) atoms. The molecule has 4 rings (SSSR count). The fourth-order valence-corrected chi connectivity index (χ4v) is 5.38. The van der Waals surface area contributed by atoms with E-state index in [1.807, 2.05) is 56.0 Å². The first kappa shape index (κ1) is 19.8. The van der Waals surface area contributed by atoms with Crippen molar-refractivity contribution in [2.45, 2.75) is 19.5 Å². The van der Waals surface area contributed by atoms with Gasteiger partial charge in [-0.05, 0) is 44.1 Å². The van der Waals surface area contributed by atoms with E-state index < -0.39 is 0 Å². The zero-order valence-corrected chi connectivity index (χ0v) is 18.4. The van der Waals surface area contributed by atoms with Gasteiger partial charge in [0.15, 0.2) is 0 Å². The molecule has 1 amide bonds. The fraction of sp³-hybridized carbons (Fsp3) is 0.273. The number of hydrogen-bond acceptors (Lipinski definition) is 5. The summed E-state index contributed by atoms with van der Waals surface area (Å²) in [6.45, 7) is 3.28. The molecular weight excluding hydrogens is 400 g/mol. The average molecular weight is 425 g/mol. The van der Waals surface area contributed by atoms with E-state index >= 15 is 0 Å². The summed E-state index contributed by atoms with van der Waals surface area (Å²) in [5.74, 6) is -0.0275. The van der Waals surface area contributed by atoms with Gasteiger partial charge in [-0.25, -0.2) is 0 Å². The molecule has 1 unspecified atom stereocenters. The SMILES string of the molecule is Cc1nn(Cc2ccccc2)c2sc(C(=O)NCC(c3cccs3)N(C)C)cc12. The van der Waals surface area contributed by atoms with Gasteiger partial charge in [0, 0.05) is 16.8 Å². The summed E-state index contributed by atoms with van der Waals surface area (Å²) in [7, 11) is 4.08. The first-order valence-electron chi connectivity index (χ1n) is 9.52. The molecule has 150 valence electrons. The Morgan fingerprint density at radius 2 is 2.00 bits per heavy atom. The number of aryl methyl sites for hydroxylation is 1. The summed E-state index contributed by atoms with van der Waals surface area (Å²) in [6, 6.07) is 16.6. The molecule has 0 bridgehead atoms. The molecule has 0 aliphatic heterocycles. The predicted molar refractivity (Wildman–Crippen MR) is 121 cm³/mol. The quantitative estimate of drug-likeness (QED) is 0.474. The maximum atomic E-state index is 12.8.